The number of nitrogens with two attached hydrogens (primary N) is 1. The summed E-state index contributed by atoms with van der Waals surface area (Å²) in [6, 6.07) is 2.23. The standard InChI is InChI=1S/C14H25N3O3/c1-4-11(5-2)17(6-7-18)9-12-8-10(3)13(20-12)14(19)16-15/h8,11,18H,4-7,9,15H2,1-3H3,(H,16,19). The van der Waals surface area contributed by atoms with Crippen molar-refractivity contribution in [2.75, 3.05) is 13.2 Å². The molecule has 0 aliphatic heterocycles. The fourth-order valence-corrected chi connectivity index (χ4v) is 2.44. The fraction of sp³-hybridized carbons (Fsp3) is 0.643. The number of nitrogens with one attached hydrogen (secondary N) is 1. The van der Waals surface area contributed by atoms with Gasteiger partial charge in [-0.15, -0.1) is 0 Å². The van der Waals surface area contributed by atoms with Crippen LogP contribution in [0.2, 0.25) is 0 Å². The van der Waals surface area contributed by atoms with Crippen LogP contribution in [0, 0.1) is 6.92 Å². The number of amides is 1. The lowest BCUT2D eigenvalue weighted by Gasteiger charge is -2.28. The summed E-state index contributed by atoms with van der Waals surface area (Å²) in [6.07, 6.45) is 2.01. The number of hydrogen-bond acceptors (Lipinski definition) is 5. The second kappa shape index (κ2) is 8.04. The first-order chi connectivity index (χ1) is 9.57. The maximum Gasteiger partial charge on any atom is 0.301 e. The molecule has 0 atom stereocenters. The third-order valence-corrected chi connectivity index (χ3v) is 3.51. The van der Waals surface area contributed by atoms with Crippen LogP contribution in [0.5, 0.6) is 0 Å². The van der Waals surface area contributed by atoms with E-state index in [2.05, 4.69) is 24.2 Å². The number of aliphatic hydroxyl groups is 1. The molecule has 4 N–H and O–H groups in total. The van der Waals surface area contributed by atoms with E-state index in [1.807, 2.05) is 13.0 Å². The van der Waals surface area contributed by atoms with Crippen molar-refractivity contribution in [3.8, 4) is 0 Å². The predicted molar refractivity (Wildman–Crippen MR) is 77.0 cm³/mol. The topological polar surface area (TPSA) is 91.7 Å². The third-order valence-electron chi connectivity index (χ3n) is 3.51. The minimum atomic E-state index is -0.426. The van der Waals surface area contributed by atoms with Crippen molar-refractivity contribution in [3.05, 3.63) is 23.2 Å². The van der Waals surface area contributed by atoms with E-state index in [-0.39, 0.29) is 12.4 Å². The third kappa shape index (κ3) is 4.06. The zero-order chi connectivity index (χ0) is 15.1. The van der Waals surface area contributed by atoms with Crippen LogP contribution in [0.15, 0.2) is 10.5 Å². The molecule has 1 rings (SSSR count). The number of hydrogen-bond donors (Lipinski definition) is 3. The van der Waals surface area contributed by atoms with Crippen molar-refractivity contribution in [1.82, 2.24) is 10.3 Å². The van der Waals surface area contributed by atoms with Crippen LogP contribution in [0.1, 0.15) is 48.6 Å². The van der Waals surface area contributed by atoms with Crippen LogP contribution in [0.4, 0.5) is 0 Å². The molecule has 0 saturated heterocycles. The summed E-state index contributed by atoms with van der Waals surface area (Å²) in [5.41, 5.74) is 2.83. The predicted octanol–water partition coefficient (Wildman–Crippen LogP) is 1.17. The van der Waals surface area contributed by atoms with Crippen LogP contribution in [0.25, 0.3) is 0 Å². The first-order valence-electron chi connectivity index (χ1n) is 7.02. The highest BCUT2D eigenvalue weighted by Crippen LogP contribution is 2.19. The van der Waals surface area contributed by atoms with Gasteiger partial charge >= 0.3 is 5.91 Å². The zero-order valence-electron chi connectivity index (χ0n) is 12.5. The maximum absolute atomic E-state index is 11.5. The number of aryl methyl sites for hydroxylation is 1. The molecule has 0 saturated carbocycles. The van der Waals surface area contributed by atoms with Crippen LogP contribution in [0.3, 0.4) is 0 Å². The van der Waals surface area contributed by atoms with Crippen LogP contribution >= 0.6 is 0 Å². The van der Waals surface area contributed by atoms with Gasteiger partial charge in [0.25, 0.3) is 0 Å². The molecule has 0 bridgehead atoms. The van der Waals surface area contributed by atoms with Gasteiger partial charge in [-0.2, -0.15) is 0 Å². The molecule has 0 spiro atoms. The summed E-state index contributed by atoms with van der Waals surface area (Å²) in [5, 5.41) is 9.19. The lowest BCUT2D eigenvalue weighted by atomic mass is 10.1. The Bertz CT molecular complexity index is 427. The van der Waals surface area contributed by atoms with Crippen molar-refractivity contribution in [1.29, 1.82) is 0 Å². The van der Waals surface area contributed by atoms with E-state index in [0.29, 0.717) is 24.9 Å². The smallest absolute Gasteiger partial charge is 0.301 e. The Labute approximate surface area is 119 Å². The average molecular weight is 283 g/mol. The first-order valence-corrected chi connectivity index (χ1v) is 7.02. The number of nitrogen functional groups attached to an aromatic ring is 1. The highest BCUT2D eigenvalue weighted by Gasteiger charge is 2.19. The molecule has 0 radical (unpaired) electrons. The van der Waals surface area contributed by atoms with E-state index in [1.165, 1.54) is 0 Å². The summed E-state index contributed by atoms with van der Waals surface area (Å²) in [4.78, 5) is 13.7. The second-order valence-corrected chi connectivity index (χ2v) is 4.86. The molecule has 0 aliphatic carbocycles. The van der Waals surface area contributed by atoms with Crippen LogP contribution in [-0.4, -0.2) is 35.1 Å². The number of furan rings is 1. The normalized spacial score (nSPS) is 11.3. The van der Waals surface area contributed by atoms with Gasteiger partial charge in [0.1, 0.15) is 5.76 Å². The minimum Gasteiger partial charge on any atom is -0.454 e. The summed E-state index contributed by atoms with van der Waals surface area (Å²) < 4.78 is 5.57. The SMILES string of the molecule is CCC(CC)N(CCO)Cc1cc(C)c(C(=O)NN)o1. The van der Waals surface area contributed by atoms with E-state index in [1.54, 1.807) is 0 Å². The van der Waals surface area contributed by atoms with Gasteiger partial charge < -0.3 is 9.52 Å². The summed E-state index contributed by atoms with van der Waals surface area (Å²) in [7, 11) is 0. The quantitative estimate of drug-likeness (QED) is 0.378. The van der Waals surface area contributed by atoms with Gasteiger partial charge in [-0.25, -0.2) is 5.84 Å². The highest BCUT2D eigenvalue weighted by molar-refractivity contribution is 5.92. The van der Waals surface area contributed by atoms with Gasteiger partial charge in [0.05, 0.1) is 13.2 Å². The number of aliphatic hydroxyl groups excluding tert-OH is 1. The molecule has 6 heteroatoms. The molecule has 1 heterocycles. The number of carbonyl (C=O) groups excluding carboxylic acids is 1. The molecular weight excluding hydrogens is 258 g/mol. The monoisotopic (exact) mass is 283 g/mol. The van der Waals surface area contributed by atoms with Crippen molar-refractivity contribution >= 4 is 5.91 Å². The molecule has 1 aromatic rings. The first kappa shape index (κ1) is 16.7. The van der Waals surface area contributed by atoms with E-state index < -0.39 is 5.91 Å². The molecule has 0 unspecified atom stereocenters. The summed E-state index contributed by atoms with van der Waals surface area (Å²) in [6.45, 7) is 7.33. The summed E-state index contributed by atoms with van der Waals surface area (Å²) >= 11 is 0. The van der Waals surface area contributed by atoms with Gasteiger partial charge in [-0.1, -0.05) is 13.8 Å². The maximum atomic E-state index is 11.5. The Hall–Kier alpha value is -1.37. The fourth-order valence-electron chi connectivity index (χ4n) is 2.44. The van der Waals surface area contributed by atoms with Crippen molar-refractivity contribution in [2.45, 2.75) is 46.2 Å². The van der Waals surface area contributed by atoms with Gasteiger partial charge in [-0.3, -0.25) is 15.1 Å². The number of rotatable bonds is 8. The number of hydrazine groups is 1. The molecule has 0 fully saturated rings. The van der Waals surface area contributed by atoms with Gasteiger partial charge in [0.2, 0.25) is 0 Å². The van der Waals surface area contributed by atoms with Crippen molar-refractivity contribution in [3.63, 3.8) is 0 Å². The molecule has 1 amide bonds. The minimum absolute atomic E-state index is 0.104. The molecule has 0 aliphatic rings. The van der Waals surface area contributed by atoms with Gasteiger partial charge in [0.15, 0.2) is 5.76 Å². The van der Waals surface area contributed by atoms with Crippen molar-refractivity contribution in [2.24, 2.45) is 5.84 Å². The Morgan fingerprint density at radius 2 is 2.15 bits per heavy atom. The molecule has 1 aromatic heterocycles. The number of carbonyl (C=O) groups is 1. The Morgan fingerprint density at radius 1 is 1.50 bits per heavy atom. The van der Waals surface area contributed by atoms with E-state index >= 15 is 0 Å². The van der Waals surface area contributed by atoms with Crippen molar-refractivity contribution < 1.29 is 14.3 Å². The summed E-state index contributed by atoms with van der Waals surface area (Å²) in [5.74, 6) is 5.65. The molecule has 20 heavy (non-hydrogen) atoms. The molecular formula is C14H25N3O3. The highest BCUT2D eigenvalue weighted by atomic mass is 16.4. The van der Waals surface area contributed by atoms with E-state index in [4.69, 9.17) is 10.3 Å². The lowest BCUT2D eigenvalue weighted by molar-refractivity contribution is 0.0915. The van der Waals surface area contributed by atoms with Crippen LogP contribution < -0.4 is 11.3 Å². The zero-order valence-corrected chi connectivity index (χ0v) is 12.5. The van der Waals surface area contributed by atoms with Crippen LogP contribution in [-0.2, 0) is 6.54 Å². The average Bonchev–Trinajstić information content (AvgIpc) is 2.80. The molecule has 0 aromatic carbocycles. The Morgan fingerprint density at radius 3 is 2.65 bits per heavy atom. The Balaban J connectivity index is 2.86. The molecule has 114 valence electrons. The largest absolute Gasteiger partial charge is 0.454 e. The van der Waals surface area contributed by atoms with E-state index in [0.717, 1.165) is 18.4 Å². The van der Waals surface area contributed by atoms with Gasteiger partial charge in [-0.05, 0) is 25.8 Å². The lowest BCUT2D eigenvalue weighted by Crippen LogP contribution is -2.36. The van der Waals surface area contributed by atoms with Gasteiger partial charge in [0, 0.05) is 18.2 Å². The van der Waals surface area contributed by atoms with E-state index in [9.17, 15) is 9.90 Å². The molecule has 6 nitrogen and oxygen atoms in total. The number of nitrogens with zero attached hydrogens (tertiary/aromatic N) is 1. The Kier molecular flexibility index (Phi) is 6.70. The second-order valence-electron chi connectivity index (χ2n) is 4.86.